The number of benzene rings is 1. The number of pyridine rings is 3. The Labute approximate surface area is 359 Å². The summed E-state index contributed by atoms with van der Waals surface area (Å²) in [6.07, 6.45) is 5.95. The van der Waals surface area contributed by atoms with Crippen molar-refractivity contribution in [1.82, 2.24) is 25.2 Å². The summed E-state index contributed by atoms with van der Waals surface area (Å²) >= 11 is 0. The van der Waals surface area contributed by atoms with Gasteiger partial charge >= 0.3 is 19.2 Å². The van der Waals surface area contributed by atoms with Gasteiger partial charge in [0.1, 0.15) is 16.8 Å². The predicted molar refractivity (Wildman–Crippen MR) is 229 cm³/mol. The van der Waals surface area contributed by atoms with Crippen LogP contribution in [0.3, 0.4) is 0 Å². The monoisotopic (exact) mass is 831 g/mol. The SMILES string of the molecule is CC(C)(C)OC(=O)Oc1c(C[C@H](NC(=O)c2ccc(CN(Cc3ccccn3)Cc3ccccn3)nc2)B2O[C@@H]3C[C@@H]4C[C@@H](C4(C)C)[C@]3(C)O2)cccc1C(=O)OC(C)(C)C. The lowest BCUT2D eigenvalue weighted by molar-refractivity contribution is -0.199. The number of hydrogen-bond donors (Lipinski definition) is 1. The molecule has 0 unspecified atom stereocenters. The average Bonchev–Trinajstić information content (AvgIpc) is 3.55. The second-order valence-electron chi connectivity index (χ2n) is 19.3. The lowest BCUT2D eigenvalue weighted by atomic mass is 9.43. The maximum atomic E-state index is 14.3. The third-order valence-corrected chi connectivity index (χ3v) is 12.0. The van der Waals surface area contributed by atoms with Gasteiger partial charge < -0.3 is 28.8 Å². The van der Waals surface area contributed by atoms with E-state index in [1.807, 2.05) is 42.5 Å². The smallest absolute Gasteiger partial charge is 0.456 e. The highest BCUT2D eigenvalue weighted by molar-refractivity contribution is 6.48. The van der Waals surface area contributed by atoms with Crippen molar-refractivity contribution >= 4 is 25.2 Å². The van der Waals surface area contributed by atoms with Crippen LogP contribution in [-0.2, 0) is 44.8 Å². The second-order valence-corrected chi connectivity index (χ2v) is 19.3. The van der Waals surface area contributed by atoms with Crippen LogP contribution >= 0.6 is 0 Å². The molecule has 3 aromatic heterocycles. The number of para-hydroxylation sites is 1. The Morgan fingerprint density at radius 2 is 1.46 bits per heavy atom. The van der Waals surface area contributed by atoms with Crippen molar-refractivity contribution in [3.05, 3.63) is 119 Å². The van der Waals surface area contributed by atoms with E-state index in [-0.39, 0.29) is 35.2 Å². The molecule has 1 aromatic carbocycles. The van der Waals surface area contributed by atoms with Crippen molar-refractivity contribution in [3.8, 4) is 5.75 Å². The van der Waals surface area contributed by atoms with Crippen LogP contribution < -0.4 is 10.1 Å². The molecule has 1 aliphatic heterocycles. The summed E-state index contributed by atoms with van der Waals surface area (Å²) in [5.74, 6) is -1.08. The van der Waals surface area contributed by atoms with Gasteiger partial charge in [0.05, 0.1) is 40.3 Å². The fraction of sp³-hybridized carbons (Fsp3) is 0.489. The van der Waals surface area contributed by atoms with E-state index in [4.69, 9.17) is 28.5 Å². The van der Waals surface area contributed by atoms with Crippen LogP contribution in [0.5, 0.6) is 5.75 Å². The van der Waals surface area contributed by atoms with Gasteiger partial charge in [-0.15, -0.1) is 0 Å². The zero-order chi connectivity index (χ0) is 43.7. The third kappa shape index (κ3) is 10.3. The number of amides is 1. The molecule has 1 saturated heterocycles. The van der Waals surface area contributed by atoms with Gasteiger partial charge in [-0.1, -0.05) is 38.1 Å². The Balaban J connectivity index is 1.16. The molecular formula is C47H58BN5O8. The molecule has 5 atom stereocenters. The van der Waals surface area contributed by atoms with Crippen molar-refractivity contribution < 1.29 is 37.9 Å². The Morgan fingerprint density at radius 3 is 2.02 bits per heavy atom. The summed E-state index contributed by atoms with van der Waals surface area (Å²) in [4.78, 5) is 57.0. The highest BCUT2D eigenvalue weighted by Crippen LogP contribution is 2.65. The van der Waals surface area contributed by atoms with E-state index >= 15 is 0 Å². The van der Waals surface area contributed by atoms with E-state index in [1.165, 1.54) is 0 Å². The first-order valence-corrected chi connectivity index (χ1v) is 21.1. The molecule has 4 aliphatic rings. The second kappa shape index (κ2) is 17.3. The van der Waals surface area contributed by atoms with Crippen LogP contribution in [0, 0.1) is 17.3 Å². The Hall–Kier alpha value is -5.18. The first kappa shape index (κ1) is 43.9. The molecule has 4 heterocycles. The number of esters is 1. The molecule has 13 nitrogen and oxygen atoms in total. The molecule has 4 aromatic rings. The fourth-order valence-electron chi connectivity index (χ4n) is 8.98. The number of hydrogen-bond acceptors (Lipinski definition) is 12. The highest BCUT2D eigenvalue weighted by Gasteiger charge is 2.68. The molecule has 8 rings (SSSR count). The van der Waals surface area contributed by atoms with E-state index in [2.05, 4.69) is 41.0 Å². The van der Waals surface area contributed by atoms with Gasteiger partial charge in [-0.05, 0) is 133 Å². The van der Waals surface area contributed by atoms with Crippen LogP contribution in [0.2, 0.25) is 0 Å². The molecule has 61 heavy (non-hydrogen) atoms. The molecular weight excluding hydrogens is 773 g/mol. The largest absolute Gasteiger partial charge is 0.514 e. The van der Waals surface area contributed by atoms with Crippen molar-refractivity contribution in [1.29, 1.82) is 0 Å². The van der Waals surface area contributed by atoms with Crippen LogP contribution in [-0.4, -0.2) is 73.9 Å². The number of aromatic nitrogens is 3. The molecule has 2 bridgehead atoms. The number of ether oxygens (including phenoxy) is 3. The van der Waals surface area contributed by atoms with Gasteiger partial charge in [0.25, 0.3) is 5.91 Å². The van der Waals surface area contributed by atoms with Crippen molar-refractivity contribution in [2.45, 2.75) is 130 Å². The number of nitrogens with zero attached hydrogens (tertiary/aromatic N) is 4. The quantitative estimate of drug-likeness (QED) is 0.0791. The summed E-state index contributed by atoms with van der Waals surface area (Å²) < 4.78 is 30.7. The van der Waals surface area contributed by atoms with Crippen LogP contribution in [0.15, 0.2) is 85.3 Å². The normalized spacial score (nSPS) is 22.1. The molecule has 1 amide bonds. The Morgan fingerprint density at radius 1 is 0.820 bits per heavy atom. The van der Waals surface area contributed by atoms with Crippen molar-refractivity contribution in [3.63, 3.8) is 0 Å². The zero-order valence-electron chi connectivity index (χ0n) is 36.8. The van der Waals surface area contributed by atoms with Crippen molar-refractivity contribution in [2.24, 2.45) is 17.3 Å². The number of carbonyl (C=O) groups excluding carboxylic acids is 3. The number of nitrogens with one attached hydrogen (secondary N) is 1. The van der Waals surface area contributed by atoms with Gasteiger partial charge in [0.15, 0.2) is 5.75 Å². The van der Waals surface area contributed by atoms with E-state index in [0.29, 0.717) is 36.7 Å². The Kier molecular flexibility index (Phi) is 12.4. The minimum Gasteiger partial charge on any atom is -0.456 e. The molecule has 14 heteroatoms. The first-order valence-electron chi connectivity index (χ1n) is 21.1. The van der Waals surface area contributed by atoms with E-state index in [9.17, 15) is 14.4 Å². The van der Waals surface area contributed by atoms with E-state index in [1.54, 1.807) is 84.4 Å². The number of rotatable bonds is 13. The van der Waals surface area contributed by atoms with E-state index in [0.717, 1.165) is 29.9 Å². The van der Waals surface area contributed by atoms with Crippen molar-refractivity contribution in [2.75, 3.05) is 0 Å². The Bertz CT molecular complexity index is 2150. The van der Waals surface area contributed by atoms with Gasteiger partial charge in [0, 0.05) is 38.2 Å². The van der Waals surface area contributed by atoms with Gasteiger partial charge in [-0.25, -0.2) is 9.59 Å². The zero-order valence-corrected chi connectivity index (χ0v) is 36.8. The highest BCUT2D eigenvalue weighted by atomic mass is 16.7. The molecule has 1 N–H and O–H groups in total. The molecule has 0 radical (unpaired) electrons. The molecule has 4 fully saturated rings. The standard InChI is InChI=1S/C47H58BN5O8/c1-44(2,3)58-42(55)36-18-14-15-30(40(36)57-43(56)59-45(4,5)6)23-39(48-60-38-25-32-24-37(46(32,7)8)47(38,9)61-48)52-41(54)31-19-20-35(51-26-31)29-53(27-33-16-10-12-21-49-33)28-34-17-11-13-22-50-34/h10-22,26,32,37-39H,23-25,27-29H2,1-9H3,(H,52,54)/t32-,37-,38+,39-,47-/m0/s1. The minimum atomic E-state index is -0.982. The summed E-state index contributed by atoms with van der Waals surface area (Å²) in [5.41, 5.74) is 1.28. The molecule has 0 spiro atoms. The van der Waals surface area contributed by atoms with Gasteiger partial charge in [0.2, 0.25) is 0 Å². The summed E-state index contributed by atoms with van der Waals surface area (Å²) in [6.45, 7) is 18.8. The summed E-state index contributed by atoms with van der Waals surface area (Å²) in [6, 6.07) is 20.3. The maximum absolute atomic E-state index is 14.3. The first-order chi connectivity index (χ1) is 28.8. The minimum absolute atomic E-state index is 0.0257. The van der Waals surface area contributed by atoms with E-state index < -0.39 is 47.9 Å². The molecule has 322 valence electrons. The third-order valence-electron chi connectivity index (χ3n) is 12.0. The van der Waals surface area contributed by atoms with Crippen LogP contribution in [0.4, 0.5) is 4.79 Å². The lowest BCUT2D eigenvalue weighted by Crippen LogP contribution is -2.65. The van der Waals surface area contributed by atoms with Crippen LogP contribution in [0.1, 0.15) is 119 Å². The van der Waals surface area contributed by atoms with Gasteiger partial charge in [-0.2, -0.15) is 0 Å². The predicted octanol–water partition coefficient (Wildman–Crippen LogP) is 7.95. The van der Waals surface area contributed by atoms with Gasteiger partial charge in [-0.3, -0.25) is 24.6 Å². The molecule has 3 aliphatic carbocycles. The fourth-order valence-corrected chi connectivity index (χ4v) is 8.98. The van der Waals surface area contributed by atoms with Crippen LogP contribution in [0.25, 0.3) is 0 Å². The summed E-state index contributed by atoms with van der Waals surface area (Å²) in [7, 11) is -0.854. The topological polar surface area (TPSA) is 151 Å². The summed E-state index contributed by atoms with van der Waals surface area (Å²) in [5, 5.41) is 3.19. The lowest BCUT2D eigenvalue weighted by Gasteiger charge is -2.64. The number of carbonyl (C=O) groups is 3. The maximum Gasteiger partial charge on any atom is 0.514 e. The average molecular weight is 832 g/mol. The molecule has 3 saturated carbocycles.